The van der Waals surface area contributed by atoms with Gasteiger partial charge < -0.3 is 5.32 Å². The van der Waals surface area contributed by atoms with E-state index < -0.39 is 29.5 Å². The highest BCUT2D eigenvalue weighted by atomic mass is 19.4. The quantitative estimate of drug-likeness (QED) is 0.467. The van der Waals surface area contributed by atoms with Crippen LogP contribution in [0.15, 0.2) is 48.5 Å². The summed E-state index contributed by atoms with van der Waals surface area (Å²) in [6.07, 6.45) is -6.32. The number of benzene rings is 2. The summed E-state index contributed by atoms with van der Waals surface area (Å²) in [5.74, 6) is -0.915. The van der Waals surface area contributed by atoms with Gasteiger partial charge in [0.05, 0.1) is 29.4 Å². The third-order valence-electron chi connectivity index (χ3n) is 5.97. The van der Waals surface area contributed by atoms with E-state index in [9.17, 15) is 31.1 Å². The highest BCUT2D eigenvalue weighted by Gasteiger charge is 2.35. The van der Waals surface area contributed by atoms with E-state index in [1.807, 2.05) is 18.2 Å². The van der Waals surface area contributed by atoms with E-state index in [0.29, 0.717) is 0 Å². The van der Waals surface area contributed by atoms with E-state index in [4.69, 9.17) is 0 Å². The Morgan fingerprint density at radius 1 is 0.971 bits per heavy atom. The minimum atomic E-state index is -4.76. The van der Waals surface area contributed by atoms with Crippen molar-refractivity contribution in [3.05, 3.63) is 82.2 Å². The number of carbonyl (C=O) groups excluding carboxylic acids is 1. The van der Waals surface area contributed by atoms with Crippen LogP contribution in [0.4, 0.5) is 26.3 Å². The summed E-state index contributed by atoms with van der Waals surface area (Å²) in [6, 6.07) is 10.2. The van der Waals surface area contributed by atoms with Crippen molar-refractivity contribution in [3.63, 3.8) is 0 Å². The molecule has 2 aromatic carbocycles. The fourth-order valence-corrected chi connectivity index (χ4v) is 4.04. The first-order chi connectivity index (χ1) is 15.9. The summed E-state index contributed by atoms with van der Waals surface area (Å²) in [4.78, 5) is 12.7. The van der Waals surface area contributed by atoms with Gasteiger partial charge in [-0.05, 0) is 73.2 Å². The molecule has 0 aliphatic heterocycles. The first kappa shape index (κ1) is 23.8. The van der Waals surface area contributed by atoms with Crippen LogP contribution in [0.5, 0.6) is 0 Å². The van der Waals surface area contributed by atoms with Crippen LogP contribution in [0, 0.1) is 0 Å². The Bertz CT molecular complexity index is 1190. The first-order valence-electron chi connectivity index (χ1n) is 10.7. The number of hydrogen-bond acceptors (Lipinski definition) is 2. The second kappa shape index (κ2) is 8.81. The molecule has 0 spiro atoms. The molecule has 1 aliphatic rings. The van der Waals surface area contributed by atoms with Gasteiger partial charge in [-0.1, -0.05) is 18.2 Å². The maximum Gasteiger partial charge on any atom is 0.435 e. The first-order valence-corrected chi connectivity index (χ1v) is 10.7. The topological polar surface area (TPSA) is 46.9 Å². The molecule has 1 aromatic heterocycles. The molecular weight excluding hydrogens is 460 g/mol. The normalized spacial score (nSPS) is 14.7. The fraction of sp³-hybridized carbons (Fsp3) is 0.333. The van der Waals surface area contributed by atoms with E-state index in [1.165, 1.54) is 11.1 Å². The van der Waals surface area contributed by atoms with Gasteiger partial charge >= 0.3 is 12.4 Å². The minimum Gasteiger partial charge on any atom is -0.350 e. The molecular formula is C24H21F6N3O. The van der Waals surface area contributed by atoms with Gasteiger partial charge in [-0.25, -0.2) is 4.68 Å². The number of nitrogens with zero attached hydrogens (tertiary/aromatic N) is 2. The number of rotatable bonds is 5. The minimum absolute atomic E-state index is 0.0124. The van der Waals surface area contributed by atoms with Gasteiger partial charge in [0.1, 0.15) is 0 Å². The van der Waals surface area contributed by atoms with E-state index in [0.717, 1.165) is 59.8 Å². The van der Waals surface area contributed by atoms with Gasteiger partial charge in [0, 0.05) is 0 Å². The number of amides is 1. The summed E-state index contributed by atoms with van der Waals surface area (Å²) in [6.45, 7) is 1.43. The van der Waals surface area contributed by atoms with Gasteiger partial charge in [-0.3, -0.25) is 4.79 Å². The molecule has 1 amide bonds. The van der Waals surface area contributed by atoms with Gasteiger partial charge in [0.2, 0.25) is 5.91 Å². The summed E-state index contributed by atoms with van der Waals surface area (Å²) in [5.41, 5.74) is 1.14. The van der Waals surface area contributed by atoms with Crippen LogP contribution in [-0.4, -0.2) is 15.7 Å². The number of aromatic nitrogens is 2. The molecule has 1 unspecified atom stereocenters. The number of aryl methyl sites for hydroxylation is 2. The van der Waals surface area contributed by atoms with E-state index >= 15 is 0 Å². The zero-order valence-electron chi connectivity index (χ0n) is 18.1. The summed E-state index contributed by atoms with van der Waals surface area (Å²) in [5, 5.41) is 6.15. The molecule has 0 fully saturated rings. The molecule has 10 heteroatoms. The second-order valence-corrected chi connectivity index (χ2v) is 8.30. The SMILES string of the molecule is CC(C(=O)NCc1cc(C(F)(F)F)nn1-c1ccc(C(F)(F)F)cc1)c1ccc2c(c1)CCC2. The summed E-state index contributed by atoms with van der Waals surface area (Å²) in [7, 11) is 0. The van der Waals surface area contributed by atoms with Crippen molar-refractivity contribution in [1.82, 2.24) is 15.1 Å². The smallest absolute Gasteiger partial charge is 0.350 e. The number of carbonyl (C=O) groups is 1. The number of nitrogens with one attached hydrogen (secondary N) is 1. The standard InChI is InChI=1S/C24H21F6N3O/c1-14(16-6-5-15-3-2-4-17(15)11-16)22(34)31-13-20-12-21(24(28,29)30)32-33(20)19-9-7-18(8-10-19)23(25,26)27/h5-12,14H,2-4,13H2,1H3,(H,31,34). The Kier molecular flexibility index (Phi) is 6.18. The van der Waals surface area contributed by atoms with Crippen molar-refractivity contribution in [2.45, 2.75) is 51.0 Å². The predicted molar refractivity (Wildman–Crippen MR) is 112 cm³/mol. The molecule has 0 saturated carbocycles. The van der Waals surface area contributed by atoms with E-state index in [1.54, 1.807) is 6.92 Å². The van der Waals surface area contributed by atoms with Crippen LogP contribution in [0.1, 0.15) is 52.9 Å². The van der Waals surface area contributed by atoms with Crippen LogP contribution in [-0.2, 0) is 36.5 Å². The average molecular weight is 481 g/mol. The Hall–Kier alpha value is -3.30. The molecule has 0 saturated heterocycles. The van der Waals surface area contributed by atoms with Crippen molar-refractivity contribution < 1.29 is 31.1 Å². The third-order valence-corrected chi connectivity index (χ3v) is 5.97. The second-order valence-electron chi connectivity index (χ2n) is 8.30. The zero-order valence-corrected chi connectivity index (χ0v) is 18.1. The summed E-state index contributed by atoms with van der Waals surface area (Å²) < 4.78 is 79.2. The van der Waals surface area contributed by atoms with Crippen molar-refractivity contribution in [3.8, 4) is 5.69 Å². The fourth-order valence-electron chi connectivity index (χ4n) is 4.04. The highest BCUT2D eigenvalue weighted by molar-refractivity contribution is 5.83. The number of hydrogen-bond donors (Lipinski definition) is 1. The third kappa shape index (κ3) is 4.95. The molecule has 0 radical (unpaired) electrons. The van der Waals surface area contributed by atoms with Crippen LogP contribution in [0.25, 0.3) is 5.69 Å². The monoisotopic (exact) mass is 481 g/mol. The largest absolute Gasteiger partial charge is 0.435 e. The van der Waals surface area contributed by atoms with Crippen molar-refractivity contribution >= 4 is 5.91 Å². The van der Waals surface area contributed by atoms with Crippen LogP contribution in [0.3, 0.4) is 0 Å². The Morgan fingerprint density at radius 3 is 2.29 bits per heavy atom. The molecule has 4 rings (SSSR count). The van der Waals surface area contributed by atoms with Crippen molar-refractivity contribution in [1.29, 1.82) is 0 Å². The van der Waals surface area contributed by atoms with Gasteiger partial charge in [-0.15, -0.1) is 0 Å². The van der Waals surface area contributed by atoms with E-state index in [-0.39, 0.29) is 23.8 Å². The van der Waals surface area contributed by atoms with Gasteiger partial charge in [-0.2, -0.15) is 31.4 Å². The molecule has 1 atom stereocenters. The van der Waals surface area contributed by atoms with Crippen LogP contribution in [0.2, 0.25) is 0 Å². The Labute approximate surface area is 191 Å². The lowest BCUT2D eigenvalue weighted by Gasteiger charge is -2.15. The van der Waals surface area contributed by atoms with Crippen LogP contribution >= 0.6 is 0 Å². The lowest BCUT2D eigenvalue weighted by atomic mass is 9.96. The zero-order chi connectivity index (χ0) is 24.7. The number of halogens is 6. The highest BCUT2D eigenvalue weighted by Crippen LogP contribution is 2.32. The summed E-state index contributed by atoms with van der Waals surface area (Å²) >= 11 is 0. The molecule has 180 valence electrons. The average Bonchev–Trinajstić information content (AvgIpc) is 3.42. The molecule has 1 aliphatic carbocycles. The molecule has 1 heterocycles. The molecule has 34 heavy (non-hydrogen) atoms. The lowest BCUT2D eigenvalue weighted by Crippen LogP contribution is -2.28. The van der Waals surface area contributed by atoms with Gasteiger partial charge in [0.25, 0.3) is 0 Å². The Balaban J connectivity index is 1.55. The maximum absolute atomic E-state index is 13.3. The van der Waals surface area contributed by atoms with Gasteiger partial charge in [0.15, 0.2) is 5.69 Å². The van der Waals surface area contributed by atoms with Crippen LogP contribution < -0.4 is 5.32 Å². The maximum atomic E-state index is 13.3. The molecule has 0 bridgehead atoms. The van der Waals surface area contributed by atoms with E-state index in [2.05, 4.69) is 10.4 Å². The predicted octanol–water partition coefficient (Wildman–Crippen LogP) is 5.82. The molecule has 4 nitrogen and oxygen atoms in total. The molecule has 3 aromatic rings. The Morgan fingerprint density at radius 2 is 1.65 bits per heavy atom. The number of fused-ring (bicyclic) bond motifs is 1. The van der Waals surface area contributed by atoms with Crippen molar-refractivity contribution in [2.24, 2.45) is 0 Å². The van der Waals surface area contributed by atoms with Crippen molar-refractivity contribution in [2.75, 3.05) is 0 Å². The molecule has 1 N–H and O–H groups in total. The number of alkyl halides is 6. The lowest BCUT2D eigenvalue weighted by molar-refractivity contribution is -0.141.